The third kappa shape index (κ3) is 1.95. The first kappa shape index (κ1) is 11.5. The van der Waals surface area contributed by atoms with E-state index in [-0.39, 0.29) is 5.54 Å². The second kappa shape index (κ2) is 3.95. The second-order valence-corrected chi connectivity index (χ2v) is 5.47. The Hall–Kier alpha value is -1.62. The molecule has 0 radical (unpaired) electrons. The lowest BCUT2D eigenvalue weighted by molar-refractivity contribution is 0.456. The summed E-state index contributed by atoms with van der Waals surface area (Å²) in [7, 11) is 0. The van der Waals surface area contributed by atoms with E-state index in [1.54, 1.807) is 0 Å². The quantitative estimate of drug-likeness (QED) is 0.858. The van der Waals surface area contributed by atoms with Gasteiger partial charge in [-0.25, -0.2) is 4.52 Å². The molecular formula is C13H19N5. The average molecular weight is 245 g/mol. The monoisotopic (exact) mass is 245 g/mol. The van der Waals surface area contributed by atoms with Gasteiger partial charge in [0.2, 0.25) is 5.95 Å². The Balaban J connectivity index is 1.90. The third-order valence-electron chi connectivity index (χ3n) is 3.78. The van der Waals surface area contributed by atoms with Crippen LogP contribution in [0.25, 0.3) is 5.65 Å². The Morgan fingerprint density at radius 2 is 2.28 bits per heavy atom. The van der Waals surface area contributed by atoms with Gasteiger partial charge in [0.15, 0.2) is 5.65 Å². The fourth-order valence-corrected chi connectivity index (χ4v) is 2.33. The summed E-state index contributed by atoms with van der Waals surface area (Å²) in [6.45, 7) is 4.80. The zero-order valence-corrected chi connectivity index (χ0v) is 10.8. The molecule has 18 heavy (non-hydrogen) atoms. The van der Waals surface area contributed by atoms with Gasteiger partial charge in [-0.1, -0.05) is 6.07 Å². The molecule has 1 fully saturated rings. The lowest BCUT2D eigenvalue weighted by atomic mass is 9.96. The number of anilines is 1. The first-order chi connectivity index (χ1) is 8.60. The van der Waals surface area contributed by atoms with Gasteiger partial charge in [-0.15, -0.1) is 5.10 Å². The van der Waals surface area contributed by atoms with Crippen LogP contribution in [0.15, 0.2) is 18.3 Å². The van der Waals surface area contributed by atoms with Crippen molar-refractivity contribution >= 4 is 11.6 Å². The molecular weight excluding hydrogens is 226 g/mol. The van der Waals surface area contributed by atoms with Crippen LogP contribution >= 0.6 is 0 Å². The van der Waals surface area contributed by atoms with E-state index in [1.165, 1.54) is 18.4 Å². The van der Waals surface area contributed by atoms with Crippen LogP contribution in [0.1, 0.15) is 25.3 Å². The summed E-state index contributed by atoms with van der Waals surface area (Å²) in [5, 5.41) is 7.86. The van der Waals surface area contributed by atoms with E-state index in [9.17, 15) is 0 Å². The molecule has 0 saturated heterocycles. The molecule has 1 saturated carbocycles. The first-order valence-corrected chi connectivity index (χ1v) is 6.42. The van der Waals surface area contributed by atoms with E-state index in [0.29, 0.717) is 18.4 Å². The number of aryl methyl sites for hydroxylation is 1. The van der Waals surface area contributed by atoms with Crippen LogP contribution in [0, 0.1) is 12.8 Å². The number of nitrogens with two attached hydrogens (primary N) is 1. The van der Waals surface area contributed by atoms with Gasteiger partial charge in [-0.2, -0.15) is 4.98 Å². The minimum atomic E-state index is -0.0834. The summed E-state index contributed by atoms with van der Waals surface area (Å²) in [6, 6.07) is 4.02. The van der Waals surface area contributed by atoms with E-state index in [2.05, 4.69) is 22.3 Å². The third-order valence-corrected chi connectivity index (χ3v) is 3.78. The zero-order valence-electron chi connectivity index (χ0n) is 10.8. The summed E-state index contributed by atoms with van der Waals surface area (Å²) in [6.07, 6.45) is 4.46. The van der Waals surface area contributed by atoms with Crippen molar-refractivity contribution in [3.63, 3.8) is 0 Å². The van der Waals surface area contributed by atoms with Crippen molar-refractivity contribution in [1.82, 2.24) is 14.6 Å². The molecule has 1 aliphatic carbocycles. The van der Waals surface area contributed by atoms with Gasteiger partial charge in [-0.3, -0.25) is 0 Å². The van der Waals surface area contributed by atoms with Gasteiger partial charge in [0.1, 0.15) is 0 Å². The van der Waals surface area contributed by atoms with Gasteiger partial charge >= 0.3 is 0 Å². The van der Waals surface area contributed by atoms with Crippen molar-refractivity contribution < 1.29 is 0 Å². The number of pyridine rings is 1. The van der Waals surface area contributed by atoms with Crippen LogP contribution < -0.4 is 11.1 Å². The molecule has 5 nitrogen and oxygen atoms in total. The standard InChI is InChI=1S/C13H19N5/c1-9-3-6-11-15-12(17-18(11)7-9)16-13(2,8-14)10-4-5-10/h3,6-7,10H,4-5,8,14H2,1-2H3,(H,16,17). The normalized spacial score (nSPS) is 18.8. The Kier molecular flexibility index (Phi) is 2.52. The minimum Gasteiger partial charge on any atom is -0.346 e. The number of fused-ring (bicyclic) bond motifs is 1. The van der Waals surface area contributed by atoms with Crippen LogP contribution in [0.4, 0.5) is 5.95 Å². The van der Waals surface area contributed by atoms with Crippen molar-refractivity contribution in [2.45, 2.75) is 32.2 Å². The average Bonchev–Trinajstić information content (AvgIpc) is 3.12. The highest BCUT2D eigenvalue weighted by Crippen LogP contribution is 2.40. The van der Waals surface area contributed by atoms with E-state index >= 15 is 0 Å². The van der Waals surface area contributed by atoms with Crippen molar-refractivity contribution in [2.24, 2.45) is 11.7 Å². The van der Waals surface area contributed by atoms with Gasteiger partial charge in [0.25, 0.3) is 0 Å². The number of nitrogens with one attached hydrogen (secondary N) is 1. The van der Waals surface area contributed by atoms with Gasteiger partial charge in [0.05, 0.1) is 5.54 Å². The van der Waals surface area contributed by atoms with E-state index in [0.717, 1.165) is 5.65 Å². The fraction of sp³-hybridized carbons (Fsp3) is 0.538. The predicted octanol–water partition coefficient (Wildman–Crippen LogP) is 1.58. The highest BCUT2D eigenvalue weighted by molar-refractivity contribution is 5.45. The summed E-state index contributed by atoms with van der Waals surface area (Å²) in [5.74, 6) is 1.32. The van der Waals surface area contributed by atoms with Crippen molar-refractivity contribution in [2.75, 3.05) is 11.9 Å². The van der Waals surface area contributed by atoms with Gasteiger partial charge in [0, 0.05) is 12.7 Å². The van der Waals surface area contributed by atoms with Crippen LogP contribution in [-0.4, -0.2) is 26.7 Å². The highest BCUT2D eigenvalue weighted by atomic mass is 15.4. The number of hydrogen-bond donors (Lipinski definition) is 2. The first-order valence-electron chi connectivity index (χ1n) is 6.42. The predicted molar refractivity (Wildman–Crippen MR) is 71.5 cm³/mol. The zero-order chi connectivity index (χ0) is 12.8. The molecule has 0 aliphatic heterocycles. The molecule has 1 aliphatic rings. The number of nitrogens with zero attached hydrogens (tertiary/aromatic N) is 3. The summed E-state index contributed by atoms with van der Waals surface area (Å²) in [4.78, 5) is 4.48. The Morgan fingerprint density at radius 1 is 1.50 bits per heavy atom. The Morgan fingerprint density at radius 3 is 2.94 bits per heavy atom. The molecule has 0 amide bonds. The summed E-state index contributed by atoms with van der Waals surface area (Å²) < 4.78 is 1.81. The SMILES string of the molecule is Cc1ccc2nc(NC(C)(CN)C3CC3)nn2c1. The summed E-state index contributed by atoms with van der Waals surface area (Å²) >= 11 is 0. The van der Waals surface area contributed by atoms with E-state index in [4.69, 9.17) is 5.73 Å². The molecule has 3 N–H and O–H groups in total. The van der Waals surface area contributed by atoms with Crippen LogP contribution in [0.5, 0.6) is 0 Å². The summed E-state index contributed by atoms with van der Waals surface area (Å²) in [5.41, 5.74) is 7.83. The largest absolute Gasteiger partial charge is 0.346 e. The smallest absolute Gasteiger partial charge is 0.243 e. The van der Waals surface area contributed by atoms with Gasteiger partial charge < -0.3 is 11.1 Å². The molecule has 2 aromatic heterocycles. The molecule has 2 heterocycles. The second-order valence-electron chi connectivity index (χ2n) is 5.47. The maximum Gasteiger partial charge on any atom is 0.243 e. The molecule has 96 valence electrons. The molecule has 2 aromatic rings. The van der Waals surface area contributed by atoms with E-state index < -0.39 is 0 Å². The molecule has 0 bridgehead atoms. The van der Waals surface area contributed by atoms with Crippen molar-refractivity contribution in [1.29, 1.82) is 0 Å². The number of hydrogen-bond acceptors (Lipinski definition) is 4. The molecule has 0 aromatic carbocycles. The molecule has 3 rings (SSSR count). The molecule has 0 spiro atoms. The highest BCUT2D eigenvalue weighted by Gasteiger charge is 2.41. The van der Waals surface area contributed by atoms with Gasteiger partial charge in [-0.05, 0) is 44.2 Å². The van der Waals surface area contributed by atoms with Crippen molar-refractivity contribution in [3.8, 4) is 0 Å². The Bertz CT molecular complexity index is 572. The molecule has 1 unspecified atom stereocenters. The fourth-order valence-electron chi connectivity index (χ4n) is 2.33. The van der Waals surface area contributed by atoms with Crippen LogP contribution in [-0.2, 0) is 0 Å². The topological polar surface area (TPSA) is 68.2 Å². The molecule has 5 heteroatoms. The number of aromatic nitrogens is 3. The lowest BCUT2D eigenvalue weighted by Crippen LogP contribution is -2.45. The Labute approximate surface area is 106 Å². The lowest BCUT2D eigenvalue weighted by Gasteiger charge is -2.28. The molecule has 1 atom stereocenters. The van der Waals surface area contributed by atoms with E-state index in [1.807, 2.05) is 29.8 Å². The number of rotatable bonds is 4. The minimum absolute atomic E-state index is 0.0834. The van der Waals surface area contributed by atoms with Crippen LogP contribution in [0.2, 0.25) is 0 Å². The maximum absolute atomic E-state index is 5.89. The maximum atomic E-state index is 5.89. The van der Waals surface area contributed by atoms with Crippen LogP contribution in [0.3, 0.4) is 0 Å². The van der Waals surface area contributed by atoms with Crippen molar-refractivity contribution in [3.05, 3.63) is 23.9 Å².